The van der Waals surface area contributed by atoms with Gasteiger partial charge < -0.3 is 10.2 Å². The van der Waals surface area contributed by atoms with Crippen LogP contribution in [0, 0.1) is 6.92 Å². The molecule has 0 heterocycles. The van der Waals surface area contributed by atoms with E-state index in [2.05, 4.69) is 15.9 Å². The number of hydrogen-bond donors (Lipinski definition) is 2. The molecule has 1 rings (SSSR count). The van der Waals surface area contributed by atoms with Gasteiger partial charge in [-0.1, -0.05) is 33.6 Å². The zero-order valence-corrected chi connectivity index (χ0v) is 9.63. The number of aliphatic carboxylic acids is 1. The maximum atomic E-state index is 10.5. The third-order valence-corrected chi connectivity index (χ3v) is 2.99. The molecule has 1 unspecified atom stereocenters. The number of hydrogen-bond acceptors (Lipinski definition) is 2. The van der Waals surface area contributed by atoms with Crippen LogP contribution in [-0.2, 0) is 4.79 Å². The SMILES string of the molecule is Cc1cc(C(O)C(=O)O)c(Cl)cc1Br. The van der Waals surface area contributed by atoms with Crippen molar-refractivity contribution < 1.29 is 15.0 Å². The van der Waals surface area contributed by atoms with Crippen molar-refractivity contribution in [2.45, 2.75) is 13.0 Å². The summed E-state index contributed by atoms with van der Waals surface area (Å²) in [5.41, 5.74) is 1.03. The van der Waals surface area contributed by atoms with Crippen LogP contribution >= 0.6 is 27.5 Å². The molecule has 0 saturated carbocycles. The van der Waals surface area contributed by atoms with E-state index in [0.29, 0.717) is 0 Å². The molecule has 0 aromatic heterocycles. The molecule has 1 atom stereocenters. The Morgan fingerprint density at radius 3 is 2.64 bits per heavy atom. The number of aryl methyl sites for hydroxylation is 1. The van der Waals surface area contributed by atoms with Crippen molar-refractivity contribution in [3.8, 4) is 0 Å². The lowest BCUT2D eigenvalue weighted by Crippen LogP contribution is -2.11. The predicted molar refractivity (Wildman–Crippen MR) is 56.5 cm³/mol. The summed E-state index contributed by atoms with van der Waals surface area (Å²) in [4.78, 5) is 10.5. The van der Waals surface area contributed by atoms with Gasteiger partial charge in [-0.2, -0.15) is 0 Å². The molecule has 3 nitrogen and oxygen atoms in total. The first-order chi connectivity index (χ1) is 6.43. The Kier molecular flexibility index (Phi) is 3.53. The number of halogens is 2. The predicted octanol–water partition coefficient (Wildman–Crippen LogP) is 2.53. The average molecular weight is 280 g/mol. The summed E-state index contributed by atoms with van der Waals surface area (Å²) in [5, 5.41) is 18.1. The normalized spacial score (nSPS) is 12.6. The van der Waals surface area contributed by atoms with Gasteiger partial charge in [0.2, 0.25) is 0 Å². The molecule has 0 spiro atoms. The van der Waals surface area contributed by atoms with Crippen molar-refractivity contribution in [2.75, 3.05) is 0 Å². The topological polar surface area (TPSA) is 57.5 Å². The molecular formula is C9H8BrClO3. The zero-order valence-electron chi connectivity index (χ0n) is 7.29. The maximum Gasteiger partial charge on any atom is 0.337 e. The summed E-state index contributed by atoms with van der Waals surface area (Å²) in [7, 11) is 0. The van der Waals surface area contributed by atoms with Gasteiger partial charge in [0, 0.05) is 15.1 Å². The highest BCUT2D eigenvalue weighted by atomic mass is 79.9. The van der Waals surface area contributed by atoms with Crippen molar-refractivity contribution in [2.24, 2.45) is 0 Å². The Balaban J connectivity index is 3.22. The van der Waals surface area contributed by atoms with Crippen LogP contribution < -0.4 is 0 Å². The van der Waals surface area contributed by atoms with Gasteiger partial charge in [0.1, 0.15) is 0 Å². The molecule has 0 bridgehead atoms. The summed E-state index contributed by atoms with van der Waals surface area (Å²) in [5.74, 6) is -1.31. The van der Waals surface area contributed by atoms with E-state index in [4.69, 9.17) is 16.7 Å². The number of benzene rings is 1. The van der Waals surface area contributed by atoms with Crippen molar-refractivity contribution in [1.29, 1.82) is 0 Å². The standard InChI is InChI=1S/C9H8BrClO3/c1-4-2-5(8(12)9(13)14)7(11)3-6(4)10/h2-3,8,12H,1H3,(H,13,14). The van der Waals surface area contributed by atoms with E-state index in [1.165, 1.54) is 0 Å². The molecule has 76 valence electrons. The van der Waals surface area contributed by atoms with Crippen molar-refractivity contribution >= 4 is 33.5 Å². The molecule has 0 aliphatic rings. The smallest absolute Gasteiger partial charge is 0.337 e. The van der Waals surface area contributed by atoms with Gasteiger partial charge in [0.25, 0.3) is 0 Å². The van der Waals surface area contributed by atoms with E-state index in [1.54, 1.807) is 19.1 Å². The Labute approximate surface area is 94.4 Å². The van der Waals surface area contributed by atoms with Crippen LogP contribution in [0.5, 0.6) is 0 Å². The third-order valence-electron chi connectivity index (χ3n) is 1.81. The quantitative estimate of drug-likeness (QED) is 0.874. The second-order valence-corrected chi connectivity index (χ2v) is 4.13. The van der Waals surface area contributed by atoms with E-state index in [9.17, 15) is 9.90 Å². The Morgan fingerprint density at radius 1 is 1.57 bits per heavy atom. The molecule has 1 aromatic carbocycles. The second kappa shape index (κ2) is 4.29. The monoisotopic (exact) mass is 278 g/mol. The Hall–Kier alpha value is -0.580. The molecule has 0 amide bonds. The van der Waals surface area contributed by atoms with E-state index in [1.807, 2.05) is 0 Å². The van der Waals surface area contributed by atoms with Gasteiger partial charge in [-0.25, -0.2) is 4.79 Å². The number of carbonyl (C=O) groups is 1. The highest BCUT2D eigenvalue weighted by molar-refractivity contribution is 9.10. The van der Waals surface area contributed by atoms with Crippen LogP contribution in [0.2, 0.25) is 5.02 Å². The highest BCUT2D eigenvalue weighted by Crippen LogP contribution is 2.29. The van der Waals surface area contributed by atoms with Crippen LogP contribution in [0.4, 0.5) is 0 Å². The second-order valence-electron chi connectivity index (χ2n) is 2.86. The van der Waals surface area contributed by atoms with E-state index in [-0.39, 0.29) is 10.6 Å². The van der Waals surface area contributed by atoms with Gasteiger partial charge in [-0.3, -0.25) is 0 Å². The molecule has 0 radical (unpaired) electrons. The molecular weight excluding hydrogens is 271 g/mol. The summed E-state index contributed by atoms with van der Waals surface area (Å²) >= 11 is 9.04. The largest absolute Gasteiger partial charge is 0.479 e. The minimum atomic E-state index is -1.57. The average Bonchev–Trinajstić information content (AvgIpc) is 2.10. The number of carboxylic acid groups (broad SMARTS) is 1. The minimum Gasteiger partial charge on any atom is -0.479 e. The summed E-state index contributed by atoms with van der Waals surface area (Å²) in [6.07, 6.45) is -1.57. The molecule has 14 heavy (non-hydrogen) atoms. The van der Waals surface area contributed by atoms with E-state index >= 15 is 0 Å². The van der Waals surface area contributed by atoms with Crippen molar-refractivity contribution in [3.63, 3.8) is 0 Å². The molecule has 5 heteroatoms. The fourth-order valence-corrected chi connectivity index (χ4v) is 1.76. The van der Waals surface area contributed by atoms with Crippen molar-refractivity contribution in [3.05, 3.63) is 32.8 Å². The highest BCUT2D eigenvalue weighted by Gasteiger charge is 2.19. The summed E-state index contributed by atoms with van der Waals surface area (Å²) in [6.45, 7) is 1.79. The Bertz CT molecular complexity index is 379. The fraction of sp³-hybridized carbons (Fsp3) is 0.222. The first-order valence-electron chi connectivity index (χ1n) is 3.80. The zero-order chi connectivity index (χ0) is 10.9. The Morgan fingerprint density at radius 2 is 2.14 bits per heavy atom. The summed E-state index contributed by atoms with van der Waals surface area (Å²) < 4.78 is 0.781. The number of carboxylic acids is 1. The molecule has 0 saturated heterocycles. The lowest BCUT2D eigenvalue weighted by atomic mass is 10.1. The van der Waals surface area contributed by atoms with Crippen LogP contribution in [0.15, 0.2) is 16.6 Å². The van der Waals surface area contributed by atoms with Crippen LogP contribution in [0.1, 0.15) is 17.2 Å². The minimum absolute atomic E-state index is 0.208. The first kappa shape index (κ1) is 11.5. The molecule has 1 aromatic rings. The lowest BCUT2D eigenvalue weighted by Gasteiger charge is -2.10. The van der Waals surface area contributed by atoms with Gasteiger partial charge in [0.15, 0.2) is 6.10 Å². The number of aliphatic hydroxyl groups is 1. The third kappa shape index (κ3) is 2.26. The number of rotatable bonds is 2. The lowest BCUT2D eigenvalue weighted by molar-refractivity contribution is -0.146. The van der Waals surface area contributed by atoms with Gasteiger partial charge >= 0.3 is 5.97 Å². The van der Waals surface area contributed by atoms with Crippen LogP contribution in [-0.4, -0.2) is 16.2 Å². The first-order valence-corrected chi connectivity index (χ1v) is 4.97. The molecule has 0 fully saturated rings. The number of aliphatic hydroxyl groups excluding tert-OH is 1. The van der Waals surface area contributed by atoms with Crippen LogP contribution in [0.25, 0.3) is 0 Å². The molecule has 0 aliphatic heterocycles. The van der Waals surface area contributed by atoms with Crippen LogP contribution in [0.3, 0.4) is 0 Å². The fourth-order valence-electron chi connectivity index (χ4n) is 1.02. The van der Waals surface area contributed by atoms with Crippen molar-refractivity contribution in [1.82, 2.24) is 0 Å². The van der Waals surface area contributed by atoms with E-state index in [0.717, 1.165) is 10.0 Å². The van der Waals surface area contributed by atoms with Gasteiger partial charge in [-0.15, -0.1) is 0 Å². The van der Waals surface area contributed by atoms with Gasteiger partial charge in [-0.05, 0) is 18.6 Å². The maximum absolute atomic E-state index is 10.5. The van der Waals surface area contributed by atoms with Gasteiger partial charge in [0.05, 0.1) is 0 Å². The summed E-state index contributed by atoms with van der Waals surface area (Å²) in [6, 6.07) is 3.11. The molecule has 0 aliphatic carbocycles. The van der Waals surface area contributed by atoms with E-state index < -0.39 is 12.1 Å². The molecule has 2 N–H and O–H groups in total.